The summed E-state index contributed by atoms with van der Waals surface area (Å²) in [6, 6.07) is 2.26. The lowest BCUT2D eigenvalue weighted by Gasteiger charge is -2.32. The molecule has 16 heavy (non-hydrogen) atoms. The average Bonchev–Trinajstić information content (AvgIpc) is 2.15. The normalized spacial score (nSPS) is 25.0. The minimum Gasteiger partial charge on any atom is -0.489 e. The van der Waals surface area contributed by atoms with Crippen molar-refractivity contribution in [2.24, 2.45) is 5.92 Å². The van der Waals surface area contributed by atoms with Crippen molar-refractivity contribution in [3.63, 3.8) is 0 Å². The van der Waals surface area contributed by atoms with Crippen LogP contribution < -0.4 is 4.74 Å². The molecule has 0 bridgehead atoms. The summed E-state index contributed by atoms with van der Waals surface area (Å²) in [7, 11) is 0. The highest BCUT2D eigenvalue weighted by atomic mass is 19.4. The van der Waals surface area contributed by atoms with E-state index in [1.165, 1.54) is 6.07 Å². The molecule has 0 saturated heterocycles. The second kappa shape index (κ2) is 3.96. The Hall–Kier alpha value is -1.26. The number of hydrogen-bond donors (Lipinski definition) is 0. The highest BCUT2D eigenvalue weighted by Gasteiger charge is 2.32. The zero-order valence-corrected chi connectivity index (χ0v) is 8.79. The van der Waals surface area contributed by atoms with Gasteiger partial charge in [-0.15, -0.1) is 0 Å². The van der Waals surface area contributed by atoms with Crippen molar-refractivity contribution in [3.05, 3.63) is 24.0 Å². The molecule has 1 aliphatic carbocycles. The maximum Gasteiger partial charge on any atom is 0.433 e. The molecule has 0 aliphatic heterocycles. The fourth-order valence-electron chi connectivity index (χ4n) is 1.73. The van der Waals surface area contributed by atoms with Gasteiger partial charge in [0.2, 0.25) is 0 Å². The molecule has 2 rings (SSSR count). The van der Waals surface area contributed by atoms with Gasteiger partial charge in [-0.25, -0.2) is 4.98 Å². The third-order valence-corrected chi connectivity index (χ3v) is 2.66. The van der Waals surface area contributed by atoms with Crippen LogP contribution in [0.4, 0.5) is 13.2 Å². The van der Waals surface area contributed by atoms with Gasteiger partial charge in [-0.3, -0.25) is 0 Å². The van der Waals surface area contributed by atoms with Crippen LogP contribution in [0.25, 0.3) is 0 Å². The van der Waals surface area contributed by atoms with Gasteiger partial charge in [-0.2, -0.15) is 13.2 Å². The average molecular weight is 231 g/mol. The Labute approximate surface area is 91.4 Å². The van der Waals surface area contributed by atoms with Gasteiger partial charge in [0.15, 0.2) is 0 Å². The summed E-state index contributed by atoms with van der Waals surface area (Å²) in [5, 5.41) is 0. The van der Waals surface area contributed by atoms with Gasteiger partial charge in [0.25, 0.3) is 0 Å². The van der Waals surface area contributed by atoms with Crippen LogP contribution in [0.15, 0.2) is 18.3 Å². The topological polar surface area (TPSA) is 22.1 Å². The molecule has 0 spiro atoms. The molecule has 1 aromatic heterocycles. The number of halogens is 3. The van der Waals surface area contributed by atoms with Crippen molar-refractivity contribution in [2.75, 3.05) is 0 Å². The minimum atomic E-state index is -4.39. The second-order valence-corrected chi connectivity index (χ2v) is 4.19. The Morgan fingerprint density at radius 3 is 2.44 bits per heavy atom. The van der Waals surface area contributed by atoms with E-state index in [9.17, 15) is 13.2 Å². The van der Waals surface area contributed by atoms with E-state index in [-0.39, 0.29) is 6.10 Å². The third kappa shape index (κ3) is 2.46. The lowest BCUT2D eigenvalue weighted by Crippen LogP contribution is -2.31. The van der Waals surface area contributed by atoms with Gasteiger partial charge in [0.05, 0.1) is 12.3 Å². The summed E-state index contributed by atoms with van der Waals surface area (Å²) in [5.74, 6) is 1.05. The van der Waals surface area contributed by atoms with Crippen LogP contribution >= 0.6 is 0 Å². The first kappa shape index (κ1) is 11.2. The van der Waals surface area contributed by atoms with Gasteiger partial charge in [-0.05, 0) is 30.9 Å². The molecule has 1 aromatic rings. The predicted octanol–water partition coefficient (Wildman–Crippen LogP) is 3.28. The second-order valence-electron chi connectivity index (χ2n) is 4.19. The lowest BCUT2D eigenvalue weighted by molar-refractivity contribution is -0.141. The molecule has 88 valence electrons. The van der Waals surface area contributed by atoms with E-state index in [0.29, 0.717) is 11.7 Å². The molecular formula is C11H12F3NO. The van der Waals surface area contributed by atoms with Gasteiger partial charge in [-0.1, -0.05) is 6.92 Å². The van der Waals surface area contributed by atoms with E-state index in [4.69, 9.17) is 4.74 Å². The summed E-state index contributed by atoms with van der Waals surface area (Å²) in [5.41, 5.74) is -0.887. The number of rotatable bonds is 2. The molecule has 0 amide bonds. The number of pyridine rings is 1. The molecule has 0 radical (unpaired) electrons. The molecule has 0 atom stereocenters. The molecule has 2 nitrogen and oxygen atoms in total. The highest BCUT2D eigenvalue weighted by molar-refractivity contribution is 5.21. The van der Waals surface area contributed by atoms with Crippen LogP contribution in [-0.4, -0.2) is 11.1 Å². The summed E-state index contributed by atoms with van der Waals surface area (Å²) in [6.45, 7) is 2.12. The van der Waals surface area contributed by atoms with E-state index in [2.05, 4.69) is 11.9 Å². The van der Waals surface area contributed by atoms with Gasteiger partial charge in [0.1, 0.15) is 11.4 Å². The van der Waals surface area contributed by atoms with Crippen LogP contribution in [0.3, 0.4) is 0 Å². The maximum absolute atomic E-state index is 12.2. The molecule has 5 heteroatoms. The van der Waals surface area contributed by atoms with E-state index in [1.807, 2.05) is 0 Å². The SMILES string of the molecule is CC1CC(Oc2ccc(C(F)(F)F)nc2)C1. The van der Waals surface area contributed by atoms with E-state index in [0.717, 1.165) is 25.1 Å². The smallest absolute Gasteiger partial charge is 0.433 e. The predicted molar refractivity (Wildman–Crippen MR) is 52.1 cm³/mol. The van der Waals surface area contributed by atoms with E-state index < -0.39 is 11.9 Å². The molecule has 1 heterocycles. The first-order valence-corrected chi connectivity index (χ1v) is 5.15. The maximum atomic E-state index is 12.2. The zero-order chi connectivity index (χ0) is 11.8. The Balaban J connectivity index is 1.97. The zero-order valence-electron chi connectivity index (χ0n) is 8.79. The van der Waals surface area contributed by atoms with Crippen LogP contribution in [0.1, 0.15) is 25.5 Å². The molecule has 0 N–H and O–H groups in total. The van der Waals surface area contributed by atoms with Crippen molar-refractivity contribution in [3.8, 4) is 5.75 Å². The first-order valence-electron chi connectivity index (χ1n) is 5.15. The standard InChI is InChI=1S/C11H12F3NO/c1-7-4-9(5-7)16-8-2-3-10(15-6-8)11(12,13)14/h2-3,6-7,9H,4-5H2,1H3. The fourth-order valence-corrected chi connectivity index (χ4v) is 1.73. The van der Waals surface area contributed by atoms with Crippen molar-refractivity contribution >= 4 is 0 Å². The first-order chi connectivity index (χ1) is 7.45. The van der Waals surface area contributed by atoms with Gasteiger partial charge >= 0.3 is 6.18 Å². The number of hydrogen-bond acceptors (Lipinski definition) is 2. The van der Waals surface area contributed by atoms with Crippen LogP contribution in [0.5, 0.6) is 5.75 Å². The van der Waals surface area contributed by atoms with Crippen molar-refractivity contribution in [2.45, 2.75) is 32.0 Å². The van der Waals surface area contributed by atoms with Crippen molar-refractivity contribution in [1.82, 2.24) is 4.98 Å². The summed E-state index contributed by atoms with van der Waals surface area (Å²) < 4.78 is 42.1. The molecule has 0 unspecified atom stereocenters. The monoisotopic (exact) mass is 231 g/mol. The molecule has 1 fully saturated rings. The Kier molecular flexibility index (Phi) is 2.78. The Morgan fingerprint density at radius 1 is 1.31 bits per heavy atom. The van der Waals surface area contributed by atoms with Gasteiger partial charge in [0, 0.05) is 0 Å². The summed E-state index contributed by atoms with van der Waals surface area (Å²) in [4.78, 5) is 3.33. The minimum absolute atomic E-state index is 0.133. The lowest BCUT2D eigenvalue weighted by atomic mass is 9.84. The van der Waals surface area contributed by atoms with Crippen LogP contribution in [0, 0.1) is 5.92 Å². The van der Waals surface area contributed by atoms with E-state index >= 15 is 0 Å². The van der Waals surface area contributed by atoms with Crippen molar-refractivity contribution < 1.29 is 17.9 Å². The highest BCUT2D eigenvalue weighted by Crippen LogP contribution is 2.32. The van der Waals surface area contributed by atoms with Crippen LogP contribution in [-0.2, 0) is 6.18 Å². The number of ether oxygens (including phenoxy) is 1. The molecule has 0 aromatic carbocycles. The third-order valence-electron chi connectivity index (χ3n) is 2.66. The largest absolute Gasteiger partial charge is 0.489 e. The summed E-state index contributed by atoms with van der Waals surface area (Å²) >= 11 is 0. The number of aromatic nitrogens is 1. The Bertz CT molecular complexity index is 354. The van der Waals surface area contributed by atoms with E-state index in [1.54, 1.807) is 0 Å². The fraction of sp³-hybridized carbons (Fsp3) is 0.545. The Morgan fingerprint density at radius 2 is 2.00 bits per heavy atom. The number of nitrogens with zero attached hydrogens (tertiary/aromatic N) is 1. The molecular weight excluding hydrogens is 219 g/mol. The van der Waals surface area contributed by atoms with Gasteiger partial charge < -0.3 is 4.74 Å². The quantitative estimate of drug-likeness (QED) is 0.779. The number of alkyl halides is 3. The van der Waals surface area contributed by atoms with Crippen LogP contribution in [0.2, 0.25) is 0 Å². The summed E-state index contributed by atoms with van der Waals surface area (Å²) in [6.07, 6.45) is -1.20. The van der Waals surface area contributed by atoms with Crippen molar-refractivity contribution in [1.29, 1.82) is 0 Å². The molecule has 1 saturated carbocycles. The molecule has 1 aliphatic rings.